The third kappa shape index (κ3) is 3.45. The number of esters is 4. The first-order valence-corrected chi connectivity index (χ1v) is 9.56. The fourth-order valence-corrected chi connectivity index (χ4v) is 5.14. The molecule has 0 radical (unpaired) electrons. The van der Waals surface area contributed by atoms with Crippen molar-refractivity contribution < 1.29 is 38.1 Å². The topological polar surface area (TPSA) is 105 Å². The maximum Gasteiger partial charge on any atom is 0.334 e. The predicted octanol–water partition coefficient (Wildman–Crippen LogP) is 1.87. The number of rotatable bonds is 3. The summed E-state index contributed by atoms with van der Waals surface area (Å²) in [5.41, 5.74) is -0.0713. The van der Waals surface area contributed by atoms with Crippen LogP contribution in [0.3, 0.4) is 0 Å². The number of carbonyl (C=O) groups is 4. The minimum Gasteiger partial charge on any atom is -0.462 e. The van der Waals surface area contributed by atoms with Gasteiger partial charge in [0.1, 0.15) is 24.4 Å². The van der Waals surface area contributed by atoms with Crippen molar-refractivity contribution in [2.45, 2.75) is 65.0 Å². The number of carbonyl (C=O) groups excluding carboxylic acids is 4. The van der Waals surface area contributed by atoms with Gasteiger partial charge in [-0.05, 0) is 12.0 Å². The van der Waals surface area contributed by atoms with Gasteiger partial charge in [-0.2, -0.15) is 0 Å². The second-order valence-corrected chi connectivity index (χ2v) is 8.19. The van der Waals surface area contributed by atoms with Crippen molar-refractivity contribution in [3.8, 4) is 0 Å². The normalized spacial score (nSPS) is 38.4. The van der Waals surface area contributed by atoms with E-state index in [4.69, 9.17) is 18.9 Å². The molecule has 3 fully saturated rings. The van der Waals surface area contributed by atoms with Gasteiger partial charge in [-0.15, -0.1) is 0 Å². The Morgan fingerprint density at radius 2 is 1.48 bits per heavy atom. The van der Waals surface area contributed by atoms with Crippen molar-refractivity contribution in [3.63, 3.8) is 0 Å². The van der Waals surface area contributed by atoms with Gasteiger partial charge in [0.2, 0.25) is 0 Å². The van der Waals surface area contributed by atoms with Gasteiger partial charge >= 0.3 is 23.9 Å². The van der Waals surface area contributed by atoms with Crippen LogP contribution < -0.4 is 0 Å². The smallest absolute Gasteiger partial charge is 0.334 e. The van der Waals surface area contributed by atoms with Crippen molar-refractivity contribution in [2.24, 2.45) is 17.3 Å². The summed E-state index contributed by atoms with van der Waals surface area (Å²) in [7, 11) is 0. The Balaban J connectivity index is 2.11. The average molecular weight is 406 g/mol. The Bertz CT molecular complexity index is 799. The van der Waals surface area contributed by atoms with E-state index in [1.54, 1.807) is 0 Å². The van der Waals surface area contributed by atoms with Crippen LogP contribution in [0.5, 0.6) is 0 Å². The standard InChI is InChI=1S/C21H26O8/c1-9-14-7-16(27-12(4)23)21(6)17(28-13(5)24)8-15(26-11(3)22)10(2)18(21)19(14)29-20(9)25/h14-19H,1-2,7-8H2,3-6H3/t14-,15+,16+,17-,18+,19-,21-/m0/s1. The first-order chi connectivity index (χ1) is 13.5. The van der Waals surface area contributed by atoms with Crippen LogP contribution in [0.25, 0.3) is 0 Å². The van der Waals surface area contributed by atoms with E-state index in [-0.39, 0.29) is 12.3 Å². The number of hydrogen-bond donors (Lipinski definition) is 0. The molecule has 1 heterocycles. The molecule has 29 heavy (non-hydrogen) atoms. The van der Waals surface area contributed by atoms with Crippen LogP contribution in [0.4, 0.5) is 0 Å². The zero-order valence-corrected chi connectivity index (χ0v) is 17.1. The van der Waals surface area contributed by atoms with Gasteiger partial charge in [0.25, 0.3) is 0 Å². The van der Waals surface area contributed by atoms with Crippen molar-refractivity contribution >= 4 is 23.9 Å². The Hall–Kier alpha value is -2.64. The second kappa shape index (κ2) is 7.31. The summed E-state index contributed by atoms with van der Waals surface area (Å²) in [5.74, 6) is -2.96. The zero-order chi connectivity index (χ0) is 21.7. The third-order valence-electron chi connectivity index (χ3n) is 6.37. The Morgan fingerprint density at radius 1 is 0.966 bits per heavy atom. The highest BCUT2D eigenvalue weighted by Gasteiger charge is 2.66. The highest BCUT2D eigenvalue weighted by Crippen LogP contribution is 2.59. The lowest BCUT2D eigenvalue weighted by atomic mass is 9.52. The fourth-order valence-electron chi connectivity index (χ4n) is 5.14. The molecule has 2 aliphatic carbocycles. The highest BCUT2D eigenvalue weighted by atomic mass is 16.6. The molecule has 0 unspecified atom stereocenters. The van der Waals surface area contributed by atoms with Gasteiger partial charge in [0.15, 0.2) is 0 Å². The minimum atomic E-state index is -0.920. The van der Waals surface area contributed by atoms with E-state index >= 15 is 0 Å². The quantitative estimate of drug-likeness (QED) is 0.303. The van der Waals surface area contributed by atoms with Crippen LogP contribution in [0.1, 0.15) is 40.5 Å². The number of fused-ring (bicyclic) bond motifs is 3. The Kier molecular flexibility index (Phi) is 5.32. The first kappa shape index (κ1) is 21.1. The summed E-state index contributed by atoms with van der Waals surface area (Å²) in [5, 5.41) is 0. The van der Waals surface area contributed by atoms with E-state index in [1.807, 2.05) is 6.92 Å². The molecule has 8 nitrogen and oxygen atoms in total. The first-order valence-electron chi connectivity index (χ1n) is 9.56. The molecule has 8 heteroatoms. The molecule has 3 rings (SSSR count). The second-order valence-electron chi connectivity index (χ2n) is 8.19. The monoisotopic (exact) mass is 406 g/mol. The molecule has 158 valence electrons. The largest absolute Gasteiger partial charge is 0.462 e. The molecule has 0 aromatic rings. The zero-order valence-electron chi connectivity index (χ0n) is 17.1. The van der Waals surface area contributed by atoms with Gasteiger partial charge in [-0.3, -0.25) is 14.4 Å². The predicted molar refractivity (Wildman–Crippen MR) is 99.1 cm³/mol. The van der Waals surface area contributed by atoms with Crippen LogP contribution in [0.15, 0.2) is 24.3 Å². The van der Waals surface area contributed by atoms with Crippen LogP contribution in [0.2, 0.25) is 0 Å². The van der Waals surface area contributed by atoms with Gasteiger partial charge in [0.05, 0.1) is 5.41 Å². The van der Waals surface area contributed by atoms with Gasteiger partial charge in [-0.1, -0.05) is 20.1 Å². The summed E-state index contributed by atoms with van der Waals surface area (Å²) >= 11 is 0. The average Bonchev–Trinajstić information content (AvgIpc) is 2.86. The summed E-state index contributed by atoms with van der Waals surface area (Å²) < 4.78 is 22.3. The minimum absolute atomic E-state index is 0.176. The lowest BCUT2D eigenvalue weighted by Crippen LogP contribution is -2.64. The van der Waals surface area contributed by atoms with Crippen molar-refractivity contribution in [1.82, 2.24) is 0 Å². The number of ether oxygens (including phenoxy) is 4. The maximum atomic E-state index is 12.2. The van der Waals surface area contributed by atoms with E-state index < -0.39 is 59.6 Å². The van der Waals surface area contributed by atoms with Gasteiger partial charge < -0.3 is 18.9 Å². The molecule has 1 aliphatic heterocycles. The maximum absolute atomic E-state index is 12.2. The van der Waals surface area contributed by atoms with E-state index in [0.717, 1.165) is 0 Å². The summed E-state index contributed by atoms with van der Waals surface area (Å²) in [4.78, 5) is 47.6. The molecule has 3 aliphatic rings. The summed E-state index contributed by atoms with van der Waals surface area (Å²) in [6, 6.07) is 0. The molecule has 2 saturated carbocycles. The molecule has 0 aromatic carbocycles. The van der Waals surface area contributed by atoms with E-state index in [2.05, 4.69) is 13.2 Å². The molecular weight excluding hydrogens is 380 g/mol. The molecule has 1 saturated heterocycles. The lowest BCUT2D eigenvalue weighted by Gasteiger charge is -2.57. The van der Waals surface area contributed by atoms with E-state index in [1.165, 1.54) is 20.8 Å². The van der Waals surface area contributed by atoms with Crippen LogP contribution in [-0.2, 0) is 38.1 Å². The van der Waals surface area contributed by atoms with E-state index in [9.17, 15) is 19.2 Å². The van der Waals surface area contributed by atoms with Crippen molar-refractivity contribution in [1.29, 1.82) is 0 Å². The SMILES string of the molecule is C=C1[C@@H]2[C@H]3OC(=O)C(=C)[C@@H]3C[C@@H](OC(C)=O)[C@@]2(C)[C@@H](OC(C)=O)C[C@H]1OC(C)=O. The van der Waals surface area contributed by atoms with Gasteiger partial charge in [0, 0.05) is 44.6 Å². The Labute approximate surface area is 169 Å². The number of hydrogen-bond acceptors (Lipinski definition) is 8. The molecule has 0 N–H and O–H groups in total. The lowest BCUT2D eigenvalue weighted by molar-refractivity contribution is -0.213. The summed E-state index contributed by atoms with van der Waals surface area (Å²) in [6.07, 6.45) is -2.26. The molecule has 0 bridgehead atoms. The molecule has 0 aromatic heterocycles. The Morgan fingerprint density at radius 3 is 2.00 bits per heavy atom. The van der Waals surface area contributed by atoms with Crippen molar-refractivity contribution in [3.05, 3.63) is 24.3 Å². The molecule has 0 amide bonds. The van der Waals surface area contributed by atoms with Crippen LogP contribution in [0, 0.1) is 17.3 Å². The van der Waals surface area contributed by atoms with Crippen LogP contribution >= 0.6 is 0 Å². The fraction of sp³-hybridized carbons (Fsp3) is 0.619. The summed E-state index contributed by atoms with van der Waals surface area (Å²) in [6.45, 7) is 13.7. The van der Waals surface area contributed by atoms with Gasteiger partial charge in [-0.25, -0.2) is 4.79 Å². The molecule has 7 atom stereocenters. The van der Waals surface area contributed by atoms with E-state index in [0.29, 0.717) is 17.6 Å². The third-order valence-corrected chi connectivity index (χ3v) is 6.37. The van der Waals surface area contributed by atoms with Crippen LogP contribution in [-0.4, -0.2) is 48.3 Å². The van der Waals surface area contributed by atoms with Crippen molar-refractivity contribution in [2.75, 3.05) is 0 Å². The highest BCUT2D eigenvalue weighted by molar-refractivity contribution is 5.91. The molecule has 0 spiro atoms. The molecular formula is C21H26O8.